The van der Waals surface area contributed by atoms with Crippen LogP contribution in [0, 0.1) is 11.8 Å². The van der Waals surface area contributed by atoms with Crippen LogP contribution in [0.5, 0.6) is 5.75 Å². The number of benzene rings is 4. The van der Waals surface area contributed by atoms with E-state index >= 15 is 0 Å². The van der Waals surface area contributed by atoms with Gasteiger partial charge in [-0.1, -0.05) is 97.1 Å². The van der Waals surface area contributed by atoms with Crippen LogP contribution in [0.25, 0.3) is 11.1 Å². The Morgan fingerprint density at radius 3 is 2.00 bits per heavy atom. The SMILES string of the molecule is O=C1COc2ccc(cc2)C[C@@H](C(=O)O)CC(=O)[C@H](CCc2ccccc2)NC(=O)[C@@H](Cc2ccc(-c3ccccc3)cc2)NC(=O)[C@H](Cc2ccco2)C1. The molecule has 3 heterocycles. The van der Waals surface area contributed by atoms with E-state index in [-0.39, 0.29) is 50.9 Å². The summed E-state index contributed by atoms with van der Waals surface area (Å²) >= 11 is 0. The number of carboxylic acid groups (broad SMARTS) is 1. The number of hydrogen-bond donors (Lipinski definition) is 3. The van der Waals surface area contributed by atoms with Gasteiger partial charge in [0.1, 0.15) is 24.2 Å². The second-order valence-electron chi connectivity index (χ2n) is 14.0. The van der Waals surface area contributed by atoms with E-state index < -0.39 is 47.5 Å². The minimum absolute atomic E-state index is 0.0752. The predicted molar refractivity (Wildman–Crippen MR) is 206 cm³/mol. The van der Waals surface area contributed by atoms with Gasteiger partial charge in [-0.2, -0.15) is 0 Å². The third-order valence-electron chi connectivity index (χ3n) is 9.88. The van der Waals surface area contributed by atoms with Gasteiger partial charge in [0.25, 0.3) is 0 Å². The number of fused-ring (bicyclic) bond motifs is 16. The molecule has 2 aliphatic rings. The zero-order chi connectivity index (χ0) is 38.6. The summed E-state index contributed by atoms with van der Waals surface area (Å²) in [6.07, 6.45) is 1.93. The average Bonchev–Trinajstić information content (AvgIpc) is 3.72. The highest BCUT2D eigenvalue weighted by atomic mass is 16.5. The molecule has 10 nitrogen and oxygen atoms in total. The maximum atomic E-state index is 14.3. The number of nitrogens with one attached hydrogen (secondary N) is 2. The summed E-state index contributed by atoms with van der Waals surface area (Å²) in [5.74, 6) is -4.07. The minimum Gasteiger partial charge on any atom is -0.486 e. The molecule has 0 radical (unpaired) electrons. The van der Waals surface area contributed by atoms with Gasteiger partial charge in [0.15, 0.2) is 11.6 Å². The molecule has 0 aliphatic carbocycles. The Morgan fingerprint density at radius 2 is 1.33 bits per heavy atom. The van der Waals surface area contributed by atoms with Crippen LogP contribution in [0.4, 0.5) is 0 Å². The first kappa shape index (κ1) is 38.4. The van der Waals surface area contributed by atoms with Crippen LogP contribution in [0.15, 0.2) is 132 Å². The average molecular weight is 741 g/mol. The van der Waals surface area contributed by atoms with Crippen molar-refractivity contribution in [2.45, 2.75) is 57.0 Å². The standard InChI is InChI=1S/C45H44N2O8/c48-37-26-35(27-39-12-7-23-54-39)43(50)47-41(25-32-13-18-34(19-14-32)33-10-5-2-6-11-33)44(51)46-40(22-17-30-8-3-1-4-9-30)42(49)28-36(45(52)53)24-31-15-20-38(21-16-31)55-29-37/h1-16,18-21,23,35-36,40-41H,17,22,24-29H2,(H,46,51)(H,47,50)(H,52,53)/t35-,36+,40-,41+/m0/s1. The molecule has 7 rings (SSSR count). The van der Waals surface area contributed by atoms with Crippen LogP contribution in [-0.4, -0.2) is 53.1 Å². The molecule has 3 N–H and O–H groups in total. The fourth-order valence-corrected chi connectivity index (χ4v) is 6.80. The third kappa shape index (κ3) is 11.1. The van der Waals surface area contributed by atoms with Crippen LogP contribution >= 0.6 is 0 Å². The molecule has 4 aromatic carbocycles. The number of aliphatic carboxylic acids is 1. The zero-order valence-corrected chi connectivity index (χ0v) is 30.4. The molecule has 10 heteroatoms. The minimum atomic E-state index is -1.14. The second-order valence-corrected chi connectivity index (χ2v) is 14.0. The topological polar surface area (TPSA) is 152 Å². The highest BCUT2D eigenvalue weighted by Crippen LogP contribution is 2.23. The van der Waals surface area contributed by atoms with E-state index in [4.69, 9.17) is 9.15 Å². The van der Waals surface area contributed by atoms with Gasteiger partial charge in [0.05, 0.1) is 24.1 Å². The molecule has 0 saturated heterocycles. The molecule has 2 bridgehead atoms. The number of ketones is 2. The van der Waals surface area contributed by atoms with Crippen LogP contribution in [0.3, 0.4) is 0 Å². The number of carbonyl (C=O) groups excluding carboxylic acids is 4. The first-order valence-electron chi connectivity index (χ1n) is 18.5. The number of carbonyl (C=O) groups is 5. The van der Waals surface area contributed by atoms with Crippen molar-refractivity contribution in [3.63, 3.8) is 0 Å². The summed E-state index contributed by atoms with van der Waals surface area (Å²) in [6, 6.07) is 34.9. The van der Waals surface area contributed by atoms with Crippen molar-refractivity contribution in [3.05, 3.63) is 150 Å². The molecule has 0 spiro atoms. The summed E-state index contributed by atoms with van der Waals surface area (Å²) in [4.78, 5) is 68.2. The Morgan fingerprint density at radius 1 is 0.655 bits per heavy atom. The number of rotatable bonds is 9. The molecule has 2 aliphatic heterocycles. The van der Waals surface area contributed by atoms with E-state index in [2.05, 4.69) is 10.6 Å². The predicted octanol–water partition coefficient (Wildman–Crippen LogP) is 6.20. The molecule has 5 aromatic rings. The van der Waals surface area contributed by atoms with Crippen molar-refractivity contribution in [1.82, 2.24) is 10.6 Å². The normalized spacial score (nSPS) is 20.0. The van der Waals surface area contributed by atoms with Crippen molar-refractivity contribution in [2.24, 2.45) is 11.8 Å². The molecule has 0 fully saturated rings. The van der Waals surface area contributed by atoms with Gasteiger partial charge >= 0.3 is 5.97 Å². The van der Waals surface area contributed by atoms with Crippen LogP contribution in [-0.2, 0) is 49.7 Å². The molecular weight excluding hydrogens is 697 g/mol. The number of furan rings is 1. The lowest BCUT2D eigenvalue weighted by Crippen LogP contribution is -2.54. The maximum absolute atomic E-state index is 14.3. The first-order valence-corrected chi connectivity index (χ1v) is 18.5. The highest BCUT2D eigenvalue weighted by molar-refractivity contribution is 5.95. The van der Waals surface area contributed by atoms with Gasteiger partial charge in [-0.05, 0) is 71.3 Å². The Bertz CT molecular complexity index is 2050. The van der Waals surface area contributed by atoms with Crippen molar-refractivity contribution >= 4 is 29.4 Å². The van der Waals surface area contributed by atoms with Crippen molar-refractivity contribution in [1.29, 1.82) is 0 Å². The van der Waals surface area contributed by atoms with Gasteiger partial charge in [-0.15, -0.1) is 0 Å². The quantitative estimate of drug-likeness (QED) is 0.162. The largest absolute Gasteiger partial charge is 0.486 e. The number of Topliss-reactive ketones (excluding diaryl/α,β-unsaturated/α-hetero) is 2. The lowest BCUT2D eigenvalue weighted by molar-refractivity contribution is -0.144. The number of hydrogen-bond acceptors (Lipinski definition) is 7. The molecular formula is C45H44N2O8. The lowest BCUT2D eigenvalue weighted by Gasteiger charge is -2.25. The molecule has 4 atom stereocenters. The molecule has 2 amide bonds. The van der Waals surface area contributed by atoms with E-state index in [9.17, 15) is 29.1 Å². The zero-order valence-electron chi connectivity index (χ0n) is 30.4. The van der Waals surface area contributed by atoms with E-state index in [1.165, 1.54) is 6.26 Å². The monoisotopic (exact) mass is 740 g/mol. The molecule has 55 heavy (non-hydrogen) atoms. The van der Waals surface area contributed by atoms with Gasteiger partial charge in [0, 0.05) is 25.7 Å². The number of amides is 2. The number of carboxylic acids is 1. The Kier molecular flexibility index (Phi) is 13.0. The fraction of sp³-hybridized carbons (Fsp3) is 0.267. The molecule has 1 aromatic heterocycles. The van der Waals surface area contributed by atoms with Gasteiger partial charge in [-0.3, -0.25) is 24.0 Å². The van der Waals surface area contributed by atoms with Crippen LogP contribution in [0.1, 0.15) is 41.7 Å². The van der Waals surface area contributed by atoms with E-state index in [0.717, 1.165) is 22.3 Å². The lowest BCUT2D eigenvalue weighted by atomic mass is 9.90. The summed E-state index contributed by atoms with van der Waals surface area (Å²) in [6.45, 7) is -0.297. The van der Waals surface area contributed by atoms with Crippen molar-refractivity contribution in [3.8, 4) is 16.9 Å². The Balaban J connectivity index is 1.33. The van der Waals surface area contributed by atoms with E-state index in [1.54, 1.807) is 36.4 Å². The Labute approximate surface area is 319 Å². The van der Waals surface area contributed by atoms with Crippen molar-refractivity contribution < 1.29 is 38.2 Å². The second kappa shape index (κ2) is 18.6. The van der Waals surface area contributed by atoms with Crippen LogP contribution < -0.4 is 15.4 Å². The number of ether oxygens (including phenoxy) is 1. The molecule has 0 saturated carbocycles. The summed E-state index contributed by atoms with van der Waals surface area (Å²) < 4.78 is 11.3. The summed E-state index contributed by atoms with van der Waals surface area (Å²) in [5.41, 5.74) is 4.39. The van der Waals surface area contributed by atoms with Gasteiger partial charge < -0.3 is 24.9 Å². The third-order valence-corrected chi connectivity index (χ3v) is 9.88. The van der Waals surface area contributed by atoms with E-state index in [1.807, 2.05) is 84.9 Å². The Hall–Kier alpha value is -6.29. The van der Waals surface area contributed by atoms with Gasteiger partial charge in [0.2, 0.25) is 11.8 Å². The maximum Gasteiger partial charge on any atom is 0.307 e. The first-order chi connectivity index (χ1) is 26.7. The van der Waals surface area contributed by atoms with E-state index in [0.29, 0.717) is 23.5 Å². The van der Waals surface area contributed by atoms with Crippen LogP contribution in [0.2, 0.25) is 0 Å². The van der Waals surface area contributed by atoms with Gasteiger partial charge in [-0.25, -0.2) is 0 Å². The number of aryl methyl sites for hydroxylation is 1. The highest BCUT2D eigenvalue weighted by Gasteiger charge is 2.32. The summed E-state index contributed by atoms with van der Waals surface area (Å²) in [7, 11) is 0. The summed E-state index contributed by atoms with van der Waals surface area (Å²) in [5, 5.41) is 16.0. The fourth-order valence-electron chi connectivity index (χ4n) is 6.80. The molecule has 0 unspecified atom stereocenters. The molecule has 282 valence electrons. The van der Waals surface area contributed by atoms with Crippen molar-refractivity contribution in [2.75, 3.05) is 6.61 Å². The smallest absolute Gasteiger partial charge is 0.307 e.